The van der Waals surface area contributed by atoms with Crippen LogP contribution in [0.3, 0.4) is 0 Å². The van der Waals surface area contributed by atoms with Gasteiger partial charge in [0, 0.05) is 17.3 Å². The molecule has 1 nitrogen and oxygen atoms in total. The van der Waals surface area contributed by atoms with E-state index in [9.17, 15) is 0 Å². The van der Waals surface area contributed by atoms with Crippen molar-refractivity contribution in [2.24, 2.45) is 0 Å². The largest absolute Gasteiger partial charge is 0.364 e. The molecule has 0 saturated carbocycles. The SMILES string of the molecule is Clc1ccc(CC2c3ccccc3CCN2c2ccccc2)cc1. The fourth-order valence-corrected chi connectivity index (χ4v) is 3.77. The molecule has 1 aliphatic heterocycles. The molecule has 0 spiro atoms. The average molecular weight is 334 g/mol. The highest BCUT2D eigenvalue weighted by molar-refractivity contribution is 6.30. The van der Waals surface area contributed by atoms with E-state index in [0.29, 0.717) is 6.04 Å². The molecule has 0 aromatic heterocycles. The van der Waals surface area contributed by atoms with Crippen molar-refractivity contribution < 1.29 is 0 Å². The lowest BCUT2D eigenvalue weighted by Gasteiger charge is -2.39. The number of anilines is 1. The summed E-state index contributed by atoms with van der Waals surface area (Å²) >= 11 is 6.05. The normalized spacial score (nSPS) is 16.7. The molecular formula is C22H20ClN. The van der Waals surface area contributed by atoms with E-state index in [1.165, 1.54) is 22.4 Å². The van der Waals surface area contributed by atoms with E-state index < -0.39 is 0 Å². The second-order valence-corrected chi connectivity index (χ2v) is 6.76. The fourth-order valence-electron chi connectivity index (χ4n) is 3.64. The highest BCUT2D eigenvalue weighted by Gasteiger charge is 2.27. The van der Waals surface area contributed by atoms with E-state index in [1.54, 1.807) is 0 Å². The van der Waals surface area contributed by atoms with Gasteiger partial charge in [0.05, 0.1) is 6.04 Å². The van der Waals surface area contributed by atoms with Gasteiger partial charge < -0.3 is 4.90 Å². The zero-order valence-corrected chi connectivity index (χ0v) is 14.3. The Hall–Kier alpha value is -2.25. The Morgan fingerprint density at radius 2 is 1.54 bits per heavy atom. The van der Waals surface area contributed by atoms with Crippen LogP contribution in [0.15, 0.2) is 78.9 Å². The number of fused-ring (bicyclic) bond motifs is 1. The molecule has 1 atom stereocenters. The quantitative estimate of drug-likeness (QED) is 0.595. The number of benzene rings is 3. The minimum atomic E-state index is 0.360. The Balaban J connectivity index is 1.73. The van der Waals surface area contributed by atoms with E-state index in [-0.39, 0.29) is 0 Å². The summed E-state index contributed by atoms with van der Waals surface area (Å²) in [5.74, 6) is 0. The first-order valence-corrected chi connectivity index (χ1v) is 8.83. The molecule has 3 aromatic carbocycles. The molecule has 0 aliphatic carbocycles. The number of hydrogen-bond acceptors (Lipinski definition) is 1. The monoisotopic (exact) mass is 333 g/mol. The molecule has 0 N–H and O–H groups in total. The molecular weight excluding hydrogens is 314 g/mol. The van der Waals surface area contributed by atoms with Gasteiger partial charge in [0.25, 0.3) is 0 Å². The number of para-hydroxylation sites is 1. The second-order valence-electron chi connectivity index (χ2n) is 6.32. The third kappa shape index (κ3) is 3.05. The van der Waals surface area contributed by atoms with Crippen LogP contribution in [0.2, 0.25) is 5.02 Å². The average Bonchev–Trinajstić information content (AvgIpc) is 2.64. The Bertz CT molecular complexity index is 811. The van der Waals surface area contributed by atoms with E-state index in [0.717, 1.165) is 24.4 Å². The first-order chi connectivity index (χ1) is 11.8. The summed E-state index contributed by atoms with van der Waals surface area (Å²) in [7, 11) is 0. The molecule has 0 radical (unpaired) electrons. The van der Waals surface area contributed by atoms with Gasteiger partial charge in [0.15, 0.2) is 0 Å². The number of rotatable bonds is 3. The van der Waals surface area contributed by atoms with Gasteiger partial charge in [-0.1, -0.05) is 66.2 Å². The molecule has 4 rings (SSSR count). The highest BCUT2D eigenvalue weighted by atomic mass is 35.5. The van der Waals surface area contributed by atoms with Gasteiger partial charge in [-0.05, 0) is 53.8 Å². The van der Waals surface area contributed by atoms with Crippen LogP contribution in [0.1, 0.15) is 22.7 Å². The van der Waals surface area contributed by atoms with Crippen LogP contribution >= 0.6 is 11.6 Å². The van der Waals surface area contributed by atoms with E-state index in [2.05, 4.69) is 71.6 Å². The lowest BCUT2D eigenvalue weighted by Crippen LogP contribution is -2.36. The van der Waals surface area contributed by atoms with Gasteiger partial charge in [-0.25, -0.2) is 0 Å². The van der Waals surface area contributed by atoms with Gasteiger partial charge in [-0.15, -0.1) is 0 Å². The summed E-state index contributed by atoms with van der Waals surface area (Å²) in [5, 5.41) is 0.794. The summed E-state index contributed by atoms with van der Waals surface area (Å²) in [6.07, 6.45) is 2.09. The Kier molecular flexibility index (Phi) is 4.27. The second kappa shape index (κ2) is 6.70. The number of halogens is 1. The number of nitrogens with zero attached hydrogens (tertiary/aromatic N) is 1. The zero-order valence-electron chi connectivity index (χ0n) is 13.5. The predicted molar refractivity (Wildman–Crippen MR) is 102 cm³/mol. The van der Waals surface area contributed by atoms with Crippen LogP contribution in [-0.4, -0.2) is 6.54 Å². The molecule has 1 aliphatic rings. The van der Waals surface area contributed by atoms with Gasteiger partial charge in [0.1, 0.15) is 0 Å². The first-order valence-electron chi connectivity index (χ1n) is 8.45. The van der Waals surface area contributed by atoms with Crippen molar-refractivity contribution in [3.63, 3.8) is 0 Å². The zero-order chi connectivity index (χ0) is 16.4. The molecule has 2 heteroatoms. The Labute approximate surface area is 148 Å². The van der Waals surface area contributed by atoms with Crippen molar-refractivity contribution in [2.75, 3.05) is 11.4 Å². The third-order valence-electron chi connectivity index (χ3n) is 4.84. The van der Waals surface area contributed by atoms with Crippen LogP contribution in [-0.2, 0) is 12.8 Å². The lowest BCUT2D eigenvalue weighted by atomic mass is 9.88. The highest BCUT2D eigenvalue weighted by Crippen LogP contribution is 2.36. The van der Waals surface area contributed by atoms with Crippen molar-refractivity contribution in [2.45, 2.75) is 18.9 Å². The van der Waals surface area contributed by atoms with E-state index in [4.69, 9.17) is 11.6 Å². The van der Waals surface area contributed by atoms with Gasteiger partial charge in [-0.2, -0.15) is 0 Å². The van der Waals surface area contributed by atoms with E-state index >= 15 is 0 Å². The maximum atomic E-state index is 6.05. The standard InChI is InChI=1S/C22H20ClN/c23-19-12-10-17(11-13-19)16-22-21-9-5-4-6-18(21)14-15-24(22)20-7-2-1-3-8-20/h1-13,22H,14-16H2. The van der Waals surface area contributed by atoms with Gasteiger partial charge in [-0.3, -0.25) is 0 Å². The summed E-state index contributed by atoms with van der Waals surface area (Å²) in [6.45, 7) is 1.05. The molecule has 0 fully saturated rings. The molecule has 120 valence electrons. The summed E-state index contributed by atoms with van der Waals surface area (Å²) in [6, 6.07) is 28.2. The summed E-state index contributed by atoms with van der Waals surface area (Å²) in [4.78, 5) is 2.54. The molecule has 1 heterocycles. The topological polar surface area (TPSA) is 3.24 Å². The van der Waals surface area contributed by atoms with Gasteiger partial charge in [0.2, 0.25) is 0 Å². The smallest absolute Gasteiger partial charge is 0.0585 e. The predicted octanol–water partition coefficient (Wildman–Crippen LogP) is 5.69. The van der Waals surface area contributed by atoms with Crippen molar-refractivity contribution >= 4 is 17.3 Å². The van der Waals surface area contributed by atoms with E-state index in [1.807, 2.05) is 12.1 Å². The van der Waals surface area contributed by atoms with Crippen LogP contribution < -0.4 is 4.90 Å². The molecule has 0 saturated heterocycles. The minimum absolute atomic E-state index is 0.360. The van der Waals surface area contributed by atoms with Crippen LogP contribution in [0.25, 0.3) is 0 Å². The molecule has 3 aromatic rings. The van der Waals surface area contributed by atoms with Crippen LogP contribution in [0.4, 0.5) is 5.69 Å². The molecule has 24 heavy (non-hydrogen) atoms. The van der Waals surface area contributed by atoms with Crippen molar-refractivity contribution in [1.29, 1.82) is 0 Å². The molecule has 0 amide bonds. The maximum Gasteiger partial charge on any atom is 0.0585 e. The van der Waals surface area contributed by atoms with Gasteiger partial charge >= 0.3 is 0 Å². The third-order valence-corrected chi connectivity index (χ3v) is 5.09. The first kappa shape index (κ1) is 15.3. The Morgan fingerprint density at radius 1 is 0.833 bits per heavy atom. The fraction of sp³-hybridized carbons (Fsp3) is 0.182. The van der Waals surface area contributed by atoms with Crippen LogP contribution in [0.5, 0.6) is 0 Å². The van der Waals surface area contributed by atoms with Crippen molar-refractivity contribution in [3.05, 3.63) is 101 Å². The Morgan fingerprint density at radius 3 is 2.33 bits per heavy atom. The lowest BCUT2D eigenvalue weighted by molar-refractivity contribution is 0.579. The minimum Gasteiger partial charge on any atom is -0.364 e. The van der Waals surface area contributed by atoms with Crippen molar-refractivity contribution in [3.8, 4) is 0 Å². The number of hydrogen-bond donors (Lipinski definition) is 0. The van der Waals surface area contributed by atoms with Crippen LogP contribution in [0, 0.1) is 0 Å². The summed E-state index contributed by atoms with van der Waals surface area (Å²) < 4.78 is 0. The molecule has 1 unspecified atom stereocenters. The summed E-state index contributed by atoms with van der Waals surface area (Å²) in [5.41, 5.74) is 5.54. The maximum absolute atomic E-state index is 6.05. The van der Waals surface area contributed by atoms with Crippen molar-refractivity contribution in [1.82, 2.24) is 0 Å². The molecule has 0 bridgehead atoms.